The number of aliphatic hydroxyl groups is 5. The number of fused-ring (bicyclic) bond motifs is 1. The second-order valence-corrected chi connectivity index (χ2v) is 13.5. The first-order valence-electron chi connectivity index (χ1n) is 16.8. The Morgan fingerprint density at radius 2 is 1.73 bits per heavy atom. The standard InChI is InChI=1S/C36H47ClN2O12/c1-5-39(4)15-21-7-9-25(23(37)13-21)47-11-10-18(2)32-30(44)31(45)36(51-32)48-16-22-8-6-20(14-24(22)40)12-19(3)35(46)38-26-27(41)29(43)34-33(28(26)42)49-17-50-34/h6-10,12-14,26-34,36,40-45H,5,11,15-17H2,1-4H3,(H,38,46)/b18-10+,19-12+/t26?,27-,28+,29+,30-,31-,32+,33-,34+,36+/m0/s1. The van der Waals surface area contributed by atoms with E-state index in [1.54, 1.807) is 25.1 Å². The highest BCUT2D eigenvalue weighted by molar-refractivity contribution is 6.32. The summed E-state index contributed by atoms with van der Waals surface area (Å²) in [6.07, 6.45) is -7.39. The van der Waals surface area contributed by atoms with Crippen molar-refractivity contribution < 1.29 is 59.1 Å². The lowest BCUT2D eigenvalue weighted by atomic mass is 9.83. The van der Waals surface area contributed by atoms with E-state index in [0.29, 0.717) is 27.5 Å². The van der Waals surface area contributed by atoms with Gasteiger partial charge in [0.15, 0.2) is 6.29 Å². The molecule has 51 heavy (non-hydrogen) atoms. The summed E-state index contributed by atoms with van der Waals surface area (Å²) in [6, 6.07) is 9.06. The van der Waals surface area contributed by atoms with Gasteiger partial charge in [-0.05, 0) is 74.5 Å². The quantitative estimate of drug-likeness (QED) is 0.115. The third-order valence-electron chi connectivity index (χ3n) is 9.46. The van der Waals surface area contributed by atoms with Crippen molar-refractivity contribution in [3.8, 4) is 11.5 Å². The Balaban J connectivity index is 1.12. The maximum atomic E-state index is 12.9. The molecule has 0 spiro atoms. The first-order valence-corrected chi connectivity index (χ1v) is 17.1. The number of hydrogen-bond acceptors (Lipinski definition) is 13. The lowest BCUT2D eigenvalue weighted by Crippen LogP contribution is -2.67. The highest BCUT2D eigenvalue weighted by atomic mass is 35.5. The van der Waals surface area contributed by atoms with E-state index >= 15 is 0 Å². The minimum absolute atomic E-state index is 0.144. The van der Waals surface area contributed by atoms with Crippen molar-refractivity contribution in [3.63, 3.8) is 0 Å². The number of phenols is 1. The average molecular weight is 735 g/mol. The second kappa shape index (κ2) is 17.1. The van der Waals surface area contributed by atoms with Crippen LogP contribution >= 0.6 is 11.6 Å². The Morgan fingerprint density at radius 1 is 1.00 bits per heavy atom. The van der Waals surface area contributed by atoms with Gasteiger partial charge in [-0.2, -0.15) is 0 Å². The van der Waals surface area contributed by atoms with Crippen LogP contribution in [0.15, 0.2) is 53.6 Å². The number of nitrogens with zero attached hydrogens (tertiary/aromatic N) is 1. The molecule has 2 aliphatic heterocycles. The number of carbonyl (C=O) groups is 1. The summed E-state index contributed by atoms with van der Waals surface area (Å²) < 4.78 is 27.9. The summed E-state index contributed by atoms with van der Waals surface area (Å²) in [7, 11) is 2.02. The molecule has 280 valence electrons. The minimum atomic E-state index is -1.48. The summed E-state index contributed by atoms with van der Waals surface area (Å²) in [4.78, 5) is 15.1. The van der Waals surface area contributed by atoms with E-state index < -0.39 is 67.1 Å². The Hall–Kier alpha value is -3.12. The van der Waals surface area contributed by atoms with E-state index in [2.05, 4.69) is 17.1 Å². The fraction of sp³-hybridized carbons (Fsp3) is 0.528. The van der Waals surface area contributed by atoms with Crippen LogP contribution in [0.3, 0.4) is 0 Å². The number of amides is 1. The van der Waals surface area contributed by atoms with Crippen LogP contribution in [0.4, 0.5) is 0 Å². The highest BCUT2D eigenvalue weighted by Gasteiger charge is 2.53. The van der Waals surface area contributed by atoms with Crippen molar-refractivity contribution in [1.82, 2.24) is 10.2 Å². The van der Waals surface area contributed by atoms with Gasteiger partial charge in [0.1, 0.15) is 73.7 Å². The molecule has 0 radical (unpaired) electrons. The van der Waals surface area contributed by atoms with E-state index in [0.717, 1.165) is 18.7 Å². The number of rotatable bonds is 13. The molecule has 14 nitrogen and oxygen atoms in total. The van der Waals surface area contributed by atoms with Crippen LogP contribution in [-0.2, 0) is 36.9 Å². The Labute approximate surface area is 301 Å². The molecule has 15 heteroatoms. The molecule has 2 aromatic rings. The molecule has 1 aliphatic carbocycles. The van der Waals surface area contributed by atoms with Crippen molar-refractivity contribution in [3.05, 3.63) is 75.3 Å². The summed E-state index contributed by atoms with van der Waals surface area (Å²) in [6.45, 7) is 6.88. The fourth-order valence-electron chi connectivity index (χ4n) is 6.22. The van der Waals surface area contributed by atoms with Crippen LogP contribution in [0.1, 0.15) is 37.5 Å². The normalized spacial score (nSPS) is 31.2. The zero-order chi connectivity index (χ0) is 37.0. The molecular formula is C36H47ClN2O12. The highest BCUT2D eigenvalue weighted by Crippen LogP contribution is 2.32. The van der Waals surface area contributed by atoms with Gasteiger partial charge in [0, 0.05) is 17.7 Å². The maximum absolute atomic E-state index is 12.9. The smallest absolute Gasteiger partial charge is 0.247 e. The molecule has 7 N–H and O–H groups in total. The van der Waals surface area contributed by atoms with Crippen LogP contribution in [0.2, 0.25) is 5.02 Å². The molecule has 2 aromatic carbocycles. The van der Waals surface area contributed by atoms with Gasteiger partial charge in [-0.25, -0.2) is 0 Å². The molecule has 1 amide bonds. The van der Waals surface area contributed by atoms with Crippen LogP contribution in [0, 0.1) is 0 Å². The minimum Gasteiger partial charge on any atom is -0.508 e. The third-order valence-corrected chi connectivity index (χ3v) is 9.75. The van der Waals surface area contributed by atoms with E-state index in [4.69, 9.17) is 35.3 Å². The number of carbonyl (C=O) groups excluding carboxylic acids is 1. The first-order chi connectivity index (χ1) is 24.3. The van der Waals surface area contributed by atoms with Gasteiger partial charge in [0.05, 0.1) is 17.7 Å². The van der Waals surface area contributed by atoms with Crippen LogP contribution in [-0.4, -0.2) is 130 Å². The number of halogens is 1. The lowest BCUT2D eigenvalue weighted by Gasteiger charge is -2.41. The van der Waals surface area contributed by atoms with Gasteiger partial charge in [-0.15, -0.1) is 0 Å². The van der Waals surface area contributed by atoms with Crippen molar-refractivity contribution in [2.75, 3.05) is 27.0 Å². The number of benzene rings is 2. The van der Waals surface area contributed by atoms with Crippen LogP contribution in [0.25, 0.3) is 6.08 Å². The molecule has 5 rings (SSSR count). The monoisotopic (exact) mass is 734 g/mol. The Morgan fingerprint density at radius 3 is 2.41 bits per heavy atom. The van der Waals surface area contributed by atoms with Gasteiger partial charge in [0.2, 0.25) is 5.91 Å². The number of nitrogens with one attached hydrogen (secondary N) is 1. The number of aromatic hydroxyl groups is 1. The summed E-state index contributed by atoms with van der Waals surface area (Å²) >= 11 is 6.41. The van der Waals surface area contributed by atoms with E-state index in [-0.39, 0.29) is 31.3 Å². The van der Waals surface area contributed by atoms with Gasteiger partial charge < -0.3 is 64.5 Å². The van der Waals surface area contributed by atoms with Gasteiger partial charge >= 0.3 is 0 Å². The summed E-state index contributed by atoms with van der Waals surface area (Å²) in [5.74, 6) is -0.241. The Kier molecular flexibility index (Phi) is 13.1. The van der Waals surface area contributed by atoms with Crippen LogP contribution < -0.4 is 10.1 Å². The zero-order valence-corrected chi connectivity index (χ0v) is 29.6. The number of hydrogen-bond donors (Lipinski definition) is 7. The topological polar surface area (TPSA) is 200 Å². The summed E-state index contributed by atoms with van der Waals surface area (Å²) in [5.41, 5.74) is 2.73. The molecule has 3 aliphatic rings. The number of aliphatic hydroxyl groups excluding tert-OH is 5. The fourth-order valence-corrected chi connectivity index (χ4v) is 6.48. The van der Waals surface area contributed by atoms with Crippen molar-refractivity contribution in [2.45, 2.75) is 95.1 Å². The predicted molar refractivity (Wildman–Crippen MR) is 184 cm³/mol. The molecule has 3 fully saturated rings. The second-order valence-electron chi connectivity index (χ2n) is 13.1. The van der Waals surface area contributed by atoms with Crippen molar-refractivity contribution in [1.29, 1.82) is 0 Å². The molecule has 1 saturated carbocycles. The SMILES string of the molecule is CCN(C)Cc1ccc(OC/C=C(\C)[C@H]2O[C@@H](OCc3ccc(/C=C(\C)C(=O)NC4[C@@H](O)[C@@H]5OCO[C@@H]5[C@H](O)[C@H]4O)cc3O)[C@@H](O)[C@@H]2O)c(Cl)c1. The molecule has 2 saturated heterocycles. The van der Waals surface area contributed by atoms with Crippen molar-refractivity contribution >= 4 is 23.6 Å². The number of ether oxygens (including phenoxy) is 5. The maximum Gasteiger partial charge on any atom is 0.247 e. The molecule has 0 bridgehead atoms. The zero-order valence-electron chi connectivity index (χ0n) is 28.9. The van der Waals surface area contributed by atoms with Gasteiger partial charge in [0.25, 0.3) is 0 Å². The molecular weight excluding hydrogens is 688 g/mol. The lowest BCUT2D eigenvalue weighted by molar-refractivity contribution is -0.168. The first kappa shape index (κ1) is 39.1. The molecule has 0 aromatic heterocycles. The third kappa shape index (κ3) is 9.10. The Bertz CT molecular complexity index is 1590. The number of phenolic OH excluding ortho intramolecular Hbond substituents is 1. The van der Waals surface area contributed by atoms with E-state index in [1.807, 2.05) is 25.2 Å². The van der Waals surface area contributed by atoms with Gasteiger partial charge in [-0.1, -0.05) is 36.7 Å². The molecule has 10 atom stereocenters. The van der Waals surface area contributed by atoms with E-state index in [9.17, 15) is 35.4 Å². The predicted octanol–water partition coefficient (Wildman–Crippen LogP) is 1.21. The molecule has 2 heterocycles. The van der Waals surface area contributed by atoms with Crippen molar-refractivity contribution in [2.24, 2.45) is 0 Å². The van der Waals surface area contributed by atoms with Gasteiger partial charge in [-0.3, -0.25) is 4.79 Å². The largest absolute Gasteiger partial charge is 0.508 e. The molecule has 1 unspecified atom stereocenters. The van der Waals surface area contributed by atoms with Crippen LogP contribution in [0.5, 0.6) is 11.5 Å². The van der Waals surface area contributed by atoms with E-state index in [1.165, 1.54) is 19.1 Å². The average Bonchev–Trinajstić information content (AvgIpc) is 3.71. The summed E-state index contributed by atoms with van der Waals surface area (Å²) in [5, 5.41) is 66.5.